The van der Waals surface area contributed by atoms with Crippen LogP contribution < -0.4 is 15.9 Å². The summed E-state index contributed by atoms with van der Waals surface area (Å²) in [5.41, 5.74) is 4.35. The van der Waals surface area contributed by atoms with Crippen molar-refractivity contribution >= 4 is 88.2 Å². The van der Waals surface area contributed by atoms with Gasteiger partial charge >= 0.3 is 0 Å². The molecule has 3 nitrogen and oxygen atoms in total. The van der Waals surface area contributed by atoms with Gasteiger partial charge in [0.15, 0.2) is 7.14 Å². The lowest BCUT2D eigenvalue weighted by Gasteiger charge is -2.21. The second-order valence-corrected chi connectivity index (χ2v) is 15.3. The second kappa shape index (κ2) is 10.8. The molecule has 2 heterocycles. The van der Waals surface area contributed by atoms with Gasteiger partial charge in [0.25, 0.3) is 0 Å². The third kappa shape index (κ3) is 4.10. The van der Waals surface area contributed by atoms with E-state index < -0.39 is 7.14 Å². The number of furan rings is 1. The molecule has 0 aliphatic heterocycles. The molecule has 0 bridgehead atoms. The highest BCUT2D eigenvalue weighted by Crippen LogP contribution is 2.48. The van der Waals surface area contributed by atoms with Crippen LogP contribution in [0.1, 0.15) is 0 Å². The monoisotopic (exact) mass is 645 g/mol. The molecule has 10 rings (SSSR count). The molecule has 0 radical (unpaired) electrons. The summed E-state index contributed by atoms with van der Waals surface area (Å²) in [5, 5.41) is 12.3. The van der Waals surface area contributed by atoms with Gasteiger partial charge in [0.05, 0.1) is 11.2 Å². The normalized spacial score (nSPS) is 12.2. The van der Waals surface area contributed by atoms with E-state index in [4.69, 9.17) is 9.40 Å². The predicted octanol–water partition coefficient (Wildman–Crippen LogP) is 10.9. The van der Waals surface area contributed by atoms with Crippen molar-refractivity contribution in [1.82, 2.24) is 4.98 Å². The van der Waals surface area contributed by atoms with Gasteiger partial charge in [-0.2, -0.15) is 0 Å². The van der Waals surface area contributed by atoms with E-state index in [9.17, 15) is 0 Å². The second-order valence-electron chi connectivity index (χ2n) is 12.6. The van der Waals surface area contributed by atoms with Crippen LogP contribution >= 0.6 is 7.14 Å². The van der Waals surface area contributed by atoms with Gasteiger partial charge in [-0.3, -0.25) is 0 Å². The number of para-hydroxylation sites is 1. The Labute approximate surface area is 282 Å². The van der Waals surface area contributed by atoms with Gasteiger partial charge < -0.3 is 8.98 Å². The molecule has 4 heteroatoms. The summed E-state index contributed by atoms with van der Waals surface area (Å²) in [6.45, 7) is 0. The summed E-state index contributed by atoms with van der Waals surface area (Å²) in [4.78, 5) is 5.37. The number of pyridine rings is 1. The van der Waals surface area contributed by atoms with Crippen LogP contribution in [0, 0.1) is 0 Å². The van der Waals surface area contributed by atoms with Gasteiger partial charge in [-0.05, 0) is 39.7 Å². The standard InChI is InChI=1S/C45H28NO2P/c47-49(31-16-3-1-4-17-31,32-18-5-2-6-19-32)33-20-13-15-30(28-33)44-41-35-22-9-10-23-36(35)42-40-34-21-8-7-14-29(34)26-27-39(40)48-45(42)43(41)37-24-11-12-25-38(37)46-44/h1-28H. The van der Waals surface area contributed by atoms with E-state index in [2.05, 4.69) is 91.0 Å². The first-order valence-electron chi connectivity index (χ1n) is 16.5. The van der Waals surface area contributed by atoms with Crippen LogP contribution in [0.2, 0.25) is 0 Å². The molecule has 230 valence electrons. The molecule has 0 amide bonds. The van der Waals surface area contributed by atoms with E-state index in [-0.39, 0.29) is 0 Å². The minimum atomic E-state index is -3.21. The molecular weight excluding hydrogens is 617 g/mol. The first-order chi connectivity index (χ1) is 24.2. The smallest absolute Gasteiger partial charge is 0.171 e. The quantitative estimate of drug-likeness (QED) is 0.141. The van der Waals surface area contributed by atoms with Gasteiger partial charge in [0, 0.05) is 48.4 Å². The Balaban J connectivity index is 1.35. The van der Waals surface area contributed by atoms with Gasteiger partial charge in [-0.1, -0.05) is 152 Å². The third-order valence-corrected chi connectivity index (χ3v) is 12.9. The molecule has 0 spiro atoms. The first kappa shape index (κ1) is 28.0. The van der Waals surface area contributed by atoms with Crippen LogP contribution in [0.15, 0.2) is 174 Å². The zero-order valence-electron chi connectivity index (χ0n) is 26.4. The number of hydrogen-bond acceptors (Lipinski definition) is 3. The van der Waals surface area contributed by atoms with Crippen LogP contribution in [-0.2, 0) is 4.57 Å². The highest BCUT2D eigenvalue weighted by Gasteiger charge is 2.30. The highest BCUT2D eigenvalue weighted by atomic mass is 31.2. The molecule has 0 N–H and O–H groups in total. The minimum absolute atomic E-state index is 0.770. The molecule has 0 unspecified atom stereocenters. The molecule has 49 heavy (non-hydrogen) atoms. The minimum Gasteiger partial charge on any atom is -0.455 e. The maximum atomic E-state index is 15.4. The highest BCUT2D eigenvalue weighted by molar-refractivity contribution is 7.85. The molecule has 0 fully saturated rings. The molecule has 0 aliphatic carbocycles. The van der Waals surface area contributed by atoms with Gasteiger partial charge in [0.1, 0.15) is 11.2 Å². The largest absolute Gasteiger partial charge is 0.455 e. The number of aromatic nitrogens is 1. The Hall–Kier alpha value is -6.02. The van der Waals surface area contributed by atoms with Crippen LogP contribution in [-0.4, -0.2) is 4.98 Å². The van der Waals surface area contributed by atoms with Crippen molar-refractivity contribution in [2.75, 3.05) is 0 Å². The first-order valence-corrected chi connectivity index (χ1v) is 18.2. The third-order valence-electron chi connectivity index (χ3n) is 9.89. The van der Waals surface area contributed by atoms with Gasteiger partial charge in [0.2, 0.25) is 0 Å². The summed E-state index contributed by atoms with van der Waals surface area (Å²) >= 11 is 0. The van der Waals surface area contributed by atoms with Crippen LogP contribution in [0.5, 0.6) is 0 Å². The molecule has 8 aromatic carbocycles. The summed E-state index contributed by atoms with van der Waals surface area (Å²) in [7, 11) is -3.21. The molecule has 0 saturated heterocycles. The summed E-state index contributed by atoms with van der Waals surface area (Å²) in [6, 6.07) is 57.5. The Morgan fingerprint density at radius 1 is 0.449 bits per heavy atom. The molecule has 0 atom stereocenters. The van der Waals surface area contributed by atoms with Crippen molar-refractivity contribution in [2.24, 2.45) is 0 Å². The average Bonchev–Trinajstić information content (AvgIpc) is 3.58. The zero-order chi connectivity index (χ0) is 32.5. The Bertz CT molecular complexity index is 2920. The average molecular weight is 646 g/mol. The number of benzene rings is 8. The lowest BCUT2D eigenvalue weighted by Crippen LogP contribution is -2.25. The number of rotatable bonds is 4. The SMILES string of the molecule is O=P(c1ccccc1)(c1ccccc1)c1cccc(-c2nc3ccccc3c3c4oc5ccc6ccccc6c5c4c4ccccc4c23)c1. The fourth-order valence-electron chi connectivity index (χ4n) is 7.71. The van der Waals surface area contributed by atoms with Crippen LogP contribution in [0.4, 0.5) is 0 Å². The lowest BCUT2D eigenvalue weighted by molar-refractivity contribution is 0.592. The number of hydrogen-bond donors (Lipinski definition) is 0. The lowest BCUT2D eigenvalue weighted by atomic mass is 9.91. The summed E-state index contributed by atoms with van der Waals surface area (Å²) < 4.78 is 22.3. The van der Waals surface area contributed by atoms with E-state index in [1.165, 1.54) is 10.8 Å². The Kier molecular flexibility index (Phi) is 6.15. The van der Waals surface area contributed by atoms with Crippen molar-refractivity contribution in [3.8, 4) is 11.3 Å². The van der Waals surface area contributed by atoms with Crippen LogP contribution in [0.3, 0.4) is 0 Å². The molecule has 2 aromatic heterocycles. The Morgan fingerprint density at radius 3 is 1.76 bits per heavy atom. The topological polar surface area (TPSA) is 43.1 Å². The van der Waals surface area contributed by atoms with E-state index in [1.54, 1.807) is 0 Å². The Morgan fingerprint density at radius 2 is 1.02 bits per heavy atom. The van der Waals surface area contributed by atoms with Crippen molar-refractivity contribution in [2.45, 2.75) is 0 Å². The van der Waals surface area contributed by atoms with Crippen molar-refractivity contribution < 1.29 is 8.98 Å². The zero-order valence-corrected chi connectivity index (χ0v) is 27.3. The van der Waals surface area contributed by atoms with Gasteiger partial charge in [-0.15, -0.1) is 0 Å². The molecular formula is C45H28NO2P. The number of fused-ring (bicyclic) bond motifs is 12. The van der Waals surface area contributed by atoms with E-state index >= 15 is 4.57 Å². The summed E-state index contributed by atoms with van der Waals surface area (Å²) in [5.74, 6) is 0. The maximum absolute atomic E-state index is 15.4. The van der Waals surface area contributed by atoms with Crippen LogP contribution in [0.25, 0.3) is 76.4 Å². The summed E-state index contributed by atoms with van der Waals surface area (Å²) in [6.07, 6.45) is 0. The molecule has 0 saturated carbocycles. The van der Waals surface area contributed by atoms with Crippen molar-refractivity contribution in [3.05, 3.63) is 170 Å². The molecule has 0 aliphatic rings. The number of nitrogens with zero attached hydrogens (tertiary/aromatic N) is 1. The van der Waals surface area contributed by atoms with Crippen molar-refractivity contribution in [1.29, 1.82) is 0 Å². The van der Waals surface area contributed by atoms with E-state index in [0.717, 1.165) is 81.6 Å². The van der Waals surface area contributed by atoms with Crippen molar-refractivity contribution in [3.63, 3.8) is 0 Å². The predicted molar refractivity (Wildman–Crippen MR) is 206 cm³/mol. The van der Waals surface area contributed by atoms with E-state index in [1.807, 2.05) is 78.9 Å². The van der Waals surface area contributed by atoms with E-state index in [0.29, 0.717) is 0 Å². The van der Waals surface area contributed by atoms with Gasteiger partial charge in [-0.25, -0.2) is 4.98 Å². The maximum Gasteiger partial charge on any atom is 0.171 e. The fourth-order valence-corrected chi connectivity index (χ4v) is 10.4. The molecule has 10 aromatic rings. The fraction of sp³-hybridized carbons (Fsp3) is 0.